The molecular weight excluding hydrogens is 292 g/mol. The minimum Gasteiger partial charge on any atom is -0.352 e. The van der Waals surface area contributed by atoms with Gasteiger partial charge >= 0.3 is 0 Å². The number of nitrogens with zero attached hydrogens (tertiary/aromatic N) is 1. The smallest absolute Gasteiger partial charge is 0.218 e. The second-order valence-corrected chi connectivity index (χ2v) is 7.61. The number of benzene rings is 1. The molecule has 0 bridgehead atoms. The topological polar surface area (TPSA) is 52.6 Å². The molecular formula is C11H12ClN2O2S2+. The van der Waals surface area contributed by atoms with Crippen molar-refractivity contribution in [3.63, 3.8) is 0 Å². The van der Waals surface area contributed by atoms with E-state index in [2.05, 4.69) is 5.32 Å². The molecule has 0 amide bonds. The molecule has 0 aromatic heterocycles. The van der Waals surface area contributed by atoms with Crippen LogP contribution in [-0.4, -0.2) is 33.3 Å². The third-order valence-corrected chi connectivity index (χ3v) is 5.61. The highest BCUT2D eigenvalue weighted by Gasteiger charge is 2.54. The van der Waals surface area contributed by atoms with E-state index in [1.807, 2.05) is 17.0 Å². The van der Waals surface area contributed by atoms with Crippen LogP contribution in [0.4, 0.5) is 5.69 Å². The highest BCUT2D eigenvalue weighted by atomic mass is 35.5. The maximum atomic E-state index is 11.8. The first kappa shape index (κ1) is 12.3. The number of thiocarbonyl (C=S) groups is 1. The zero-order valence-corrected chi connectivity index (χ0v) is 11.8. The van der Waals surface area contributed by atoms with E-state index in [1.54, 1.807) is 12.1 Å². The monoisotopic (exact) mass is 303 g/mol. The van der Waals surface area contributed by atoms with Gasteiger partial charge in [0, 0.05) is 10.7 Å². The minimum atomic E-state index is -2.72. The zero-order valence-electron chi connectivity index (χ0n) is 9.38. The van der Waals surface area contributed by atoms with Crippen LogP contribution in [0.2, 0.25) is 5.02 Å². The van der Waals surface area contributed by atoms with Gasteiger partial charge in [-0.1, -0.05) is 15.8 Å². The van der Waals surface area contributed by atoms with Crippen LogP contribution >= 0.6 is 23.8 Å². The molecule has 2 N–H and O–H groups in total. The normalized spacial score (nSPS) is 34.6. The predicted octanol–water partition coefficient (Wildman–Crippen LogP) is 1.76. The molecule has 7 heteroatoms. The minimum absolute atomic E-state index is 0.0364. The lowest BCUT2D eigenvalue weighted by Gasteiger charge is -2.22. The van der Waals surface area contributed by atoms with Gasteiger partial charge < -0.3 is 10.2 Å². The molecule has 1 aromatic rings. The molecule has 2 saturated heterocycles. The van der Waals surface area contributed by atoms with Crippen LogP contribution < -0.4 is 10.2 Å². The maximum absolute atomic E-state index is 11.8. The quantitative estimate of drug-likeness (QED) is 0.611. The number of anilines is 1. The first-order chi connectivity index (χ1) is 8.46. The lowest BCUT2D eigenvalue weighted by molar-refractivity contribution is 0.502. The second kappa shape index (κ2) is 4.16. The van der Waals surface area contributed by atoms with Gasteiger partial charge in [0.05, 0.1) is 0 Å². The summed E-state index contributed by atoms with van der Waals surface area (Å²) in [7, 11) is -2.72. The van der Waals surface area contributed by atoms with Gasteiger partial charge in [-0.05, 0) is 36.5 Å². The fourth-order valence-electron chi connectivity index (χ4n) is 2.52. The molecule has 2 aliphatic heterocycles. The van der Waals surface area contributed by atoms with E-state index < -0.39 is 10.2 Å². The number of hydrogen-bond donors (Lipinski definition) is 2. The van der Waals surface area contributed by atoms with Crippen LogP contribution in [0.15, 0.2) is 24.3 Å². The first-order valence-electron chi connectivity index (χ1n) is 5.53. The van der Waals surface area contributed by atoms with E-state index in [1.165, 1.54) is 0 Å². The van der Waals surface area contributed by atoms with Gasteiger partial charge in [0.15, 0.2) is 16.6 Å². The molecule has 4 nitrogen and oxygen atoms in total. The van der Waals surface area contributed by atoms with Crippen LogP contribution in [0.1, 0.15) is 0 Å². The summed E-state index contributed by atoms with van der Waals surface area (Å²) >= 11 is 11.2. The summed E-state index contributed by atoms with van der Waals surface area (Å²) in [6.07, 6.45) is 0. The van der Waals surface area contributed by atoms with Gasteiger partial charge in [-0.2, -0.15) is 4.55 Å². The number of hydrogen-bond acceptors (Lipinski definition) is 2. The molecule has 0 aliphatic carbocycles. The molecule has 2 fully saturated rings. The Morgan fingerprint density at radius 2 is 2.06 bits per heavy atom. The molecule has 0 radical (unpaired) electrons. The van der Waals surface area contributed by atoms with Gasteiger partial charge in [0.25, 0.3) is 0 Å². The van der Waals surface area contributed by atoms with Crippen LogP contribution in [0, 0.1) is 0 Å². The summed E-state index contributed by atoms with van der Waals surface area (Å²) < 4.78 is 21.5. The Morgan fingerprint density at radius 3 is 2.72 bits per heavy atom. The number of nitrogens with one attached hydrogen (secondary N) is 1. The highest BCUT2D eigenvalue weighted by molar-refractivity contribution is 7.98. The molecule has 2 heterocycles. The van der Waals surface area contributed by atoms with Crippen LogP contribution in [0.25, 0.3) is 0 Å². The number of rotatable bonds is 1. The van der Waals surface area contributed by atoms with Gasteiger partial charge in [0.1, 0.15) is 12.1 Å². The van der Waals surface area contributed by atoms with E-state index in [-0.39, 0.29) is 23.6 Å². The van der Waals surface area contributed by atoms with Crippen molar-refractivity contribution in [2.45, 2.75) is 12.1 Å². The van der Waals surface area contributed by atoms with E-state index in [0.29, 0.717) is 10.1 Å². The van der Waals surface area contributed by atoms with Crippen LogP contribution in [0.3, 0.4) is 0 Å². The summed E-state index contributed by atoms with van der Waals surface area (Å²) in [6, 6.07) is 7.24. The first-order valence-corrected chi connectivity index (χ1v) is 8.17. The molecule has 1 unspecified atom stereocenters. The largest absolute Gasteiger partial charge is 0.352 e. The van der Waals surface area contributed by atoms with Gasteiger partial charge in [-0.3, -0.25) is 0 Å². The standard InChI is InChI=1S/C11H11ClN2O2S2/c12-7-1-3-8(4-2-7)14-10-6-18(15,16)5-9(10)13-11(14)17/h1-4,9-10H,5-6H2,(H-,13,15,16,17)/p+1/t9-,10-/m1/s1. The van der Waals surface area contributed by atoms with Crippen molar-refractivity contribution in [2.75, 3.05) is 16.4 Å². The summed E-state index contributed by atoms with van der Waals surface area (Å²) in [5, 5.41) is 4.39. The third-order valence-electron chi connectivity index (χ3n) is 3.30. The van der Waals surface area contributed by atoms with Crippen molar-refractivity contribution < 1.29 is 8.76 Å². The molecule has 18 heavy (non-hydrogen) atoms. The summed E-state index contributed by atoms with van der Waals surface area (Å²) in [5.74, 6) is 0.523. The van der Waals surface area contributed by atoms with Crippen molar-refractivity contribution >= 4 is 44.8 Å². The zero-order chi connectivity index (χ0) is 12.9. The molecule has 2 aliphatic rings. The van der Waals surface area contributed by atoms with Crippen molar-refractivity contribution in [3.8, 4) is 0 Å². The fraction of sp³-hybridized carbons (Fsp3) is 0.364. The van der Waals surface area contributed by atoms with Gasteiger partial charge in [-0.15, -0.1) is 0 Å². The molecule has 3 atom stereocenters. The Hall–Kier alpha value is -0.690. The average Bonchev–Trinajstić information content (AvgIpc) is 2.70. The second-order valence-electron chi connectivity index (χ2n) is 4.58. The molecule has 96 valence electrons. The molecule has 1 aromatic carbocycles. The maximum Gasteiger partial charge on any atom is 0.218 e. The Morgan fingerprint density at radius 1 is 1.39 bits per heavy atom. The van der Waals surface area contributed by atoms with Crippen molar-refractivity contribution in [1.82, 2.24) is 5.32 Å². The van der Waals surface area contributed by atoms with Crippen molar-refractivity contribution in [3.05, 3.63) is 29.3 Å². The molecule has 0 spiro atoms. The Labute approximate surface area is 117 Å². The summed E-state index contributed by atoms with van der Waals surface area (Å²) in [4.78, 5) is 1.92. The van der Waals surface area contributed by atoms with E-state index in [4.69, 9.17) is 23.8 Å². The molecule has 0 saturated carbocycles. The van der Waals surface area contributed by atoms with Crippen LogP contribution in [-0.2, 0) is 14.4 Å². The van der Waals surface area contributed by atoms with Crippen LogP contribution in [0.5, 0.6) is 0 Å². The van der Waals surface area contributed by atoms with E-state index in [9.17, 15) is 8.76 Å². The van der Waals surface area contributed by atoms with Gasteiger partial charge in [-0.25, -0.2) is 0 Å². The predicted molar refractivity (Wildman–Crippen MR) is 77.7 cm³/mol. The summed E-state index contributed by atoms with van der Waals surface area (Å²) in [6.45, 7) is 0. The van der Waals surface area contributed by atoms with E-state index in [0.717, 1.165) is 5.69 Å². The van der Waals surface area contributed by atoms with E-state index >= 15 is 0 Å². The Kier molecular flexibility index (Phi) is 2.85. The number of fused-ring (bicyclic) bond motifs is 1. The SMILES string of the molecule is O=[S+]1(O)C[C@@H]2[C@@H](C1)NC(=S)N2c1ccc(Cl)cc1. The Bertz CT molecular complexity index is 548. The lowest BCUT2D eigenvalue weighted by atomic mass is 10.1. The average molecular weight is 304 g/mol. The highest BCUT2D eigenvalue weighted by Crippen LogP contribution is 2.31. The molecule has 3 rings (SSSR count). The Balaban J connectivity index is 1.94. The fourth-order valence-corrected chi connectivity index (χ4v) is 4.96. The van der Waals surface area contributed by atoms with Crippen molar-refractivity contribution in [1.29, 1.82) is 0 Å². The van der Waals surface area contributed by atoms with Crippen molar-refractivity contribution in [2.24, 2.45) is 0 Å². The summed E-state index contributed by atoms with van der Waals surface area (Å²) in [5.41, 5.74) is 0.904. The van der Waals surface area contributed by atoms with Gasteiger partial charge in [0.2, 0.25) is 10.2 Å². The number of halogens is 1. The third kappa shape index (κ3) is 2.03. The lowest BCUT2D eigenvalue weighted by Crippen LogP contribution is -2.37.